The molecule has 1 fully saturated rings. The second-order valence-electron chi connectivity index (χ2n) is 12.5. The number of halogens is 3. The molecule has 51 heavy (non-hydrogen) atoms. The third kappa shape index (κ3) is 5.16. The Labute approximate surface area is 317 Å². The first-order valence-electron chi connectivity index (χ1n) is 15.9. The van der Waals surface area contributed by atoms with E-state index in [2.05, 4.69) is 47.8 Å². The first kappa shape index (κ1) is 33.4. The lowest BCUT2D eigenvalue weighted by Crippen LogP contribution is -2.56. The summed E-state index contributed by atoms with van der Waals surface area (Å²) in [5.74, 6) is -3.88. The van der Waals surface area contributed by atoms with E-state index in [1.54, 1.807) is 36.4 Å². The number of alkyl halides is 2. The van der Waals surface area contributed by atoms with Gasteiger partial charge in [-0.25, -0.2) is 14.5 Å². The molecule has 5 aromatic carbocycles. The molecule has 0 aromatic heterocycles. The van der Waals surface area contributed by atoms with Crippen LogP contribution in [-0.2, 0) is 23.0 Å². The Morgan fingerprint density at radius 3 is 1.65 bits per heavy atom. The molecule has 2 atom stereocenters. The molecule has 0 N–H and O–H groups in total. The van der Waals surface area contributed by atoms with Crippen molar-refractivity contribution in [2.24, 2.45) is 11.8 Å². The zero-order valence-corrected chi connectivity index (χ0v) is 31.1. The van der Waals surface area contributed by atoms with Gasteiger partial charge in [0.15, 0.2) is 12.4 Å². The Hall–Kier alpha value is -4.71. The Balaban J connectivity index is 0.989. The van der Waals surface area contributed by atoms with Gasteiger partial charge in [0.05, 0.1) is 37.3 Å². The zero-order valence-electron chi connectivity index (χ0n) is 26.3. The summed E-state index contributed by atoms with van der Waals surface area (Å²) in [6.45, 7) is -0.554. The molecule has 9 rings (SSSR count). The van der Waals surface area contributed by atoms with Crippen molar-refractivity contribution in [1.29, 1.82) is 0 Å². The molecule has 1 saturated heterocycles. The second-order valence-corrected chi connectivity index (χ2v) is 15.9. The summed E-state index contributed by atoms with van der Waals surface area (Å²) in [5.41, 5.74) is 4.60. The highest BCUT2D eigenvalue weighted by atomic mass is 79.9. The van der Waals surface area contributed by atoms with Gasteiger partial charge in [-0.15, -0.1) is 0 Å². The monoisotopic (exact) mass is 867 g/mol. The average Bonchev–Trinajstić information content (AvgIpc) is 3.43. The quantitative estimate of drug-likeness (QED) is 0.0535. The van der Waals surface area contributed by atoms with E-state index >= 15 is 0 Å². The van der Waals surface area contributed by atoms with E-state index in [0.29, 0.717) is 5.56 Å². The fourth-order valence-electron chi connectivity index (χ4n) is 7.45. The van der Waals surface area contributed by atoms with Gasteiger partial charge in [-0.1, -0.05) is 102 Å². The molecule has 4 aliphatic rings. The molecule has 1 aliphatic heterocycles. The molecular formula is C40H24Br3NO7. The van der Waals surface area contributed by atoms with Gasteiger partial charge in [0.1, 0.15) is 5.75 Å². The third-order valence-electron chi connectivity index (χ3n) is 9.73. The number of carbonyl (C=O) groups is 5. The molecule has 2 bridgehead atoms. The van der Waals surface area contributed by atoms with Gasteiger partial charge in [0.2, 0.25) is 11.8 Å². The van der Waals surface area contributed by atoms with Crippen molar-refractivity contribution in [3.05, 3.63) is 165 Å². The van der Waals surface area contributed by atoms with Gasteiger partial charge in [0, 0.05) is 10.0 Å². The maximum Gasteiger partial charge on any atom is 0.343 e. The molecule has 0 radical (unpaired) electrons. The molecule has 252 valence electrons. The number of carbonyl (C=O) groups excluding carboxylic acids is 5. The van der Waals surface area contributed by atoms with Gasteiger partial charge < -0.3 is 9.47 Å². The highest BCUT2D eigenvalue weighted by Gasteiger charge is 2.72. The lowest BCUT2D eigenvalue weighted by Gasteiger charge is -2.55. The van der Waals surface area contributed by atoms with Crippen LogP contribution in [0.2, 0.25) is 0 Å². The van der Waals surface area contributed by atoms with E-state index in [-0.39, 0.29) is 34.4 Å². The minimum absolute atomic E-state index is 0.0719. The van der Waals surface area contributed by atoms with Gasteiger partial charge in [-0.05, 0) is 89.0 Å². The lowest BCUT2D eigenvalue weighted by atomic mass is 9.54. The van der Waals surface area contributed by atoms with E-state index in [4.69, 9.17) is 9.47 Å². The number of imide groups is 1. The largest absolute Gasteiger partial charge is 0.454 e. The average molecular weight is 870 g/mol. The van der Waals surface area contributed by atoms with Crippen LogP contribution < -0.4 is 9.64 Å². The fraction of sp³-hybridized carbons (Fsp3) is 0.125. The number of Topliss-reactive ketones (excluding diaryl/α,β-unsaturated/α-hetero) is 1. The Morgan fingerprint density at radius 2 is 1.12 bits per heavy atom. The summed E-state index contributed by atoms with van der Waals surface area (Å²) < 4.78 is 9.67. The lowest BCUT2D eigenvalue weighted by molar-refractivity contribution is -0.122. The van der Waals surface area contributed by atoms with Crippen LogP contribution in [0.3, 0.4) is 0 Å². The predicted molar refractivity (Wildman–Crippen MR) is 198 cm³/mol. The zero-order chi connectivity index (χ0) is 35.7. The number of hydrogen-bond acceptors (Lipinski definition) is 7. The number of esters is 2. The number of nitrogens with zero attached hydrogens (tertiary/aromatic N) is 1. The number of hydrogen-bond donors (Lipinski definition) is 0. The summed E-state index contributed by atoms with van der Waals surface area (Å²) in [6, 6.07) is 34.3. The third-order valence-corrected chi connectivity index (χ3v) is 13.0. The van der Waals surface area contributed by atoms with Gasteiger partial charge >= 0.3 is 11.9 Å². The highest BCUT2D eigenvalue weighted by molar-refractivity contribution is 9.10. The molecule has 2 amide bonds. The minimum atomic E-state index is -0.946. The van der Waals surface area contributed by atoms with Gasteiger partial charge in [-0.2, -0.15) is 0 Å². The van der Waals surface area contributed by atoms with Crippen molar-refractivity contribution in [1.82, 2.24) is 0 Å². The van der Waals surface area contributed by atoms with E-state index in [1.165, 1.54) is 36.4 Å². The van der Waals surface area contributed by atoms with Crippen LogP contribution in [0.5, 0.6) is 5.75 Å². The van der Waals surface area contributed by atoms with E-state index in [1.807, 2.05) is 48.5 Å². The van der Waals surface area contributed by atoms with Crippen LogP contribution in [0.15, 0.2) is 126 Å². The van der Waals surface area contributed by atoms with Crippen molar-refractivity contribution in [2.75, 3.05) is 11.5 Å². The topological polar surface area (TPSA) is 107 Å². The highest BCUT2D eigenvalue weighted by Crippen LogP contribution is 2.70. The van der Waals surface area contributed by atoms with Crippen LogP contribution in [0.4, 0.5) is 5.69 Å². The Morgan fingerprint density at radius 1 is 0.608 bits per heavy atom. The number of ketones is 1. The fourth-order valence-corrected chi connectivity index (χ4v) is 10.0. The maximum absolute atomic E-state index is 14.4. The van der Waals surface area contributed by atoms with E-state index < -0.39 is 44.8 Å². The molecule has 0 spiro atoms. The van der Waals surface area contributed by atoms with Crippen molar-refractivity contribution < 1.29 is 33.4 Å². The van der Waals surface area contributed by atoms with E-state index in [0.717, 1.165) is 31.6 Å². The smallest absolute Gasteiger partial charge is 0.343 e. The summed E-state index contributed by atoms with van der Waals surface area (Å²) >= 11 is 11.3. The molecule has 2 unspecified atom stereocenters. The molecule has 0 saturated carbocycles. The Kier molecular flexibility index (Phi) is 8.20. The molecule has 5 aromatic rings. The van der Waals surface area contributed by atoms with E-state index in [9.17, 15) is 24.0 Å². The normalized spacial score (nSPS) is 22.5. The Bertz CT molecular complexity index is 2180. The SMILES string of the molecule is O=C(COC(=O)c1cccc(N2C(=O)C3C(C2=O)C2(Br)c4ccccc4C3(Br)c3ccccc32)c1)c1ccc(OC(=O)c2ccc(Br)cc2)cc1. The summed E-state index contributed by atoms with van der Waals surface area (Å²) in [7, 11) is 0. The van der Waals surface area contributed by atoms with Crippen molar-refractivity contribution in [2.45, 2.75) is 8.65 Å². The van der Waals surface area contributed by atoms with Crippen molar-refractivity contribution >= 4 is 83.0 Å². The standard InChI is InChI=1S/C40H24Br3NO7/c41-25-16-12-23(13-17-25)38(49)51-27-18-14-22(15-19-27)32(45)21-50-37(48)24-6-5-7-26(20-24)44-35(46)33-34(36(44)47)40(43)29-9-2-1-8-28(29)39(33,42)30-10-3-4-11-31(30)40/h1-20,33-34H,21H2. The predicted octanol–water partition coefficient (Wildman–Crippen LogP) is 8.12. The summed E-state index contributed by atoms with van der Waals surface area (Å²) in [5, 5.41) is 0. The number of benzene rings is 5. The first-order valence-corrected chi connectivity index (χ1v) is 18.2. The minimum Gasteiger partial charge on any atom is -0.454 e. The van der Waals surface area contributed by atoms with Crippen LogP contribution in [0.1, 0.15) is 53.3 Å². The maximum atomic E-state index is 14.4. The van der Waals surface area contributed by atoms with Gasteiger partial charge in [-0.3, -0.25) is 14.4 Å². The molecule has 3 aliphatic carbocycles. The van der Waals surface area contributed by atoms with Crippen LogP contribution in [0, 0.1) is 11.8 Å². The number of ether oxygens (including phenoxy) is 2. The first-order chi connectivity index (χ1) is 24.5. The molecule has 11 heteroatoms. The van der Waals surface area contributed by atoms with Crippen LogP contribution in [-0.4, -0.2) is 36.1 Å². The molecule has 8 nitrogen and oxygen atoms in total. The van der Waals surface area contributed by atoms with Crippen LogP contribution in [0.25, 0.3) is 0 Å². The number of amides is 2. The number of anilines is 1. The van der Waals surface area contributed by atoms with Crippen LogP contribution >= 0.6 is 47.8 Å². The van der Waals surface area contributed by atoms with Crippen molar-refractivity contribution in [3.63, 3.8) is 0 Å². The molecular weight excluding hydrogens is 846 g/mol. The van der Waals surface area contributed by atoms with Crippen molar-refractivity contribution in [3.8, 4) is 5.75 Å². The second kappa shape index (κ2) is 12.5. The molecule has 1 heterocycles. The van der Waals surface area contributed by atoms with Gasteiger partial charge in [0.25, 0.3) is 0 Å². The number of rotatable bonds is 7. The summed E-state index contributed by atoms with van der Waals surface area (Å²) in [6.07, 6.45) is 0. The summed E-state index contributed by atoms with van der Waals surface area (Å²) in [4.78, 5) is 68.4.